The number of nitrogens with one attached hydrogen (secondary N) is 1. The maximum atomic E-state index is 8.73. The summed E-state index contributed by atoms with van der Waals surface area (Å²) in [4.78, 5) is 0. The molecule has 0 amide bonds. The minimum Gasteiger partial charge on any atom is -0.396 e. The van der Waals surface area contributed by atoms with Crippen molar-refractivity contribution < 1.29 is 14.9 Å². The van der Waals surface area contributed by atoms with E-state index in [2.05, 4.69) is 14.9 Å². The number of hydrogen-bond acceptors (Lipinski definition) is 4. The maximum absolute atomic E-state index is 8.73. The molecule has 5 nitrogen and oxygen atoms in total. The molecule has 0 aliphatic heterocycles. The molecule has 5 heteroatoms. The van der Waals surface area contributed by atoms with Crippen LogP contribution in [0.25, 0.3) is 0 Å². The molecule has 0 bridgehead atoms. The Balaban J connectivity index is 0. The van der Waals surface area contributed by atoms with Crippen molar-refractivity contribution in [2.45, 2.75) is 39.7 Å². The van der Waals surface area contributed by atoms with E-state index in [1.165, 1.54) is 0 Å². The molecule has 0 aliphatic carbocycles. The van der Waals surface area contributed by atoms with Crippen LogP contribution < -0.4 is 0 Å². The zero-order chi connectivity index (χ0) is 13.5. The van der Waals surface area contributed by atoms with Gasteiger partial charge in [0.2, 0.25) is 0 Å². The van der Waals surface area contributed by atoms with E-state index in [4.69, 9.17) is 10.2 Å². The number of hydrogen-bond donors (Lipinski definition) is 3. The smallest absolute Gasteiger partial charge is 0.0770 e. The lowest BCUT2D eigenvalue weighted by atomic mass is 10.3. The number of aliphatic hydroxyl groups excluding tert-OH is 2. The minimum atomic E-state index is -0.273. The number of aromatic nitrogens is 2. The summed E-state index contributed by atoms with van der Waals surface area (Å²) >= 11 is 0. The molecule has 1 aromatic heterocycles. The van der Waals surface area contributed by atoms with E-state index in [1.54, 1.807) is 19.5 Å². The van der Waals surface area contributed by atoms with Gasteiger partial charge in [-0.05, 0) is 18.4 Å². The van der Waals surface area contributed by atoms with Gasteiger partial charge in [-0.1, -0.05) is 20.8 Å². The summed E-state index contributed by atoms with van der Waals surface area (Å²) in [6.07, 6.45) is 4.67. The van der Waals surface area contributed by atoms with Gasteiger partial charge in [0.1, 0.15) is 0 Å². The fourth-order valence-corrected chi connectivity index (χ4v) is 0.854. The number of nitrogens with zero attached hydrogens (tertiary/aromatic N) is 1. The Morgan fingerprint density at radius 1 is 1.47 bits per heavy atom. The van der Waals surface area contributed by atoms with Crippen LogP contribution in [0.5, 0.6) is 0 Å². The highest BCUT2D eigenvalue weighted by atomic mass is 16.5. The maximum Gasteiger partial charge on any atom is 0.0770 e. The predicted octanol–water partition coefficient (Wildman–Crippen LogP) is 1.37. The summed E-state index contributed by atoms with van der Waals surface area (Å²) in [5.74, 6) is 0. The van der Waals surface area contributed by atoms with Gasteiger partial charge in [0.15, 0.2) is 0 Å². The van der Waals surface area contributed by atoms with Crippen LogP contribution in [0.4, 0.5) is 0 Å². The van der Waals surface area contributed by atoms with E-state index in [0.717, 1.165) is 12.0 Å². The van der Waals surface area contributed by atoms with Crippen molar-refractivity contribution in [2.75, 3.05) is 20.3 Å². The number of aromatic amines is 1. The Hall–Kier alpha value is -0.910. The first-order valence-corrected chi connectivity index (χ1v) is 6.00. The molecule has 3 N–H and O–H groups in total. The summed E-state index contributed by atoms with van der Waals surface area (Å²) in [5, 5.41) is 23.5. The number of H-pyrrole nitrogens is 1. The largest absolute Gasteiger partial charge is 0.396 e. The van der Waals surface area contributed by atoms with E-state index >= 15 is 0 Å². The first-order valence-electron chi connectivity index (χ1n) is 6.00. The molecule has 0 aromatic carbocycles. The third-order valence-corrected chi connectivity index (χ3v) is 1.79. The zero-order valence-electron chi connectivity index (χ0n) is 11.3. The van der Waals surface area contributed by atoms with Gasteiger partial charge in [-0.2, -0.15) is 5.10 Å². The number of methoxy groups -OCH3 is 1. The van der Waals surface area contributed by atoms with Crippen LogP contribution in [-0.4, -0.2) is 46.8 Å². The van der Waals surface area contributed by atoms with Gasteiger partial charge in [0.25, 0.3) is 0 Å². The van der Waals surface area contributed by atoms with Crippen molar-refractivity contribution in [1.82, 2.24) is 10.2 Å². The quantitative estimate of drug-likeness (QED) is 0.733. The van der Waals surface area contributed by atoms with Crippen LogP contribution in [-0.2, 0) is 11.2 Å². The average molecular weight is 246 g/mol. The first-order chi connectivity index (χ1) is 8.24. The van der Waals surface area contributed by atoms with Crippen molar-refractivity contribution in [3.63, 3.8) is 0 Å². The molecule has 0 fully saturated rings. The standard InChI is InChI=1S/C5H8N2O.C5H12O2.C2H6/c8-2-1-5-3-6-7-4-5;1-3-5(6)4-7-2;1-2/h3-4,8H,1-2H2,(H,6,7);5-6H,3-4H2,1-2H3;1-2H3. The van der Waals surface area contributed by atoms with Gasteiger partial charge < -0.3 is 14.9 Å². The molecule has 0 radical (unpaired) electrons. The van der Waals surface area contributed by atoms with Gasteiger partial charge in [-0.25, -0.2) is 0 Å². The number of rotatable bonds is 5. The molecular formula is C12H26N2O3. The van der Waals surface area contributed by atoms with Crippen LogP contribution in [0.1, 0.15) is 32.8 Å². The Morgan fingerprint density at radius 2 is 2.12 bits per heavy atom. The van der Waals surface area contributed by atoms with Crippen LogP contribution >= 0.6 is 0 Å². The Bertz CT molecular complexity index is 216. The second-order valence-electron chi connectivity index (χ2n) is 3.10. The summed E-state index contributed by atoms with van der Waals surface area (Å²) in [7, 11) is 1.58. The highest BCUT2D eigenvalue weighted by Gasteiger charge is 1.95. The molecular weight excluding hydrogens is 220 g/mol. The molecule has 1 rings (SSSR count). The molecule has 1 atom stereocenters. The van der Waals surface area contributed by atoms with E-state index in [9.17, 15) is 0 Å². The van der Waals surface area contributed by atoms with Gasteiger partial charge in [-0.3, -0.25) is 5.10 Å². The first kappa shape index (κ1) is 18.5. The third kappa shape index (κ3) is 13.0. The monoisotopic (exact) mass is 246 g/mol. The van der Waals surface area contributed by atoms with Gasteiger partial charge in [0.05, 0.1) is 18.9 Å². The van der Waals surface area contributed by atoms with E-state index < -0.39 is 0 Å². The summed E-state index contributed by atoms with van der Waals surface area (Å²) in [5.41, 5.74) is 1.05. The molecule has 0 saturated heterocycles. The van der Waals surface area contributed by atoms with Crippen LogP contribution in [0.2, 0.25) is 0 Å². The summed E-state index contributed by atoms with van der Waals surface area (Å²) < 4.78 is 4.64. The molecule has 1 aromatic rings. The van der Waals surface area contributed by atoms with E-state index in [0.29, 0.717) is 13.0 Å². The Kier molecular flexibility index (Phi) is 16.4. The zero-order valence-corrected chi connectivity index (χ0v) is 11.3. The van der Waals surface area contributed by atoms with E-state index in [-0.39, 0.29) is 12.7 Å². The minimum absolute atomic E-state index is 0.194. The summed E-state index contributed by atoms with van der Waals surface area (Å²) in [6, 6.07) is 0. The predicted molar refractivity (Wildman–Crippen MR) is 68.9 cm³/mol. The van der Waals surface area contributed by atoms with Crippen molar-refractivity contribution >= 4 is 0 Å². The SMILES string of the molecule is CC.CCC(O)COC.OCCc1cn[nH]c1. The normalized spacial score (nSPS) is 10.7. The number of ether oxygens (including phenoxy) is 1. The Labute approximate surface area is 104 Å². The molecule has 102 valence electrons. The molecule has 0 aliphatic rings. The fourth-order valence-electron chi connectivity index (χ4n) is 0.854. The van der Waals surface area contributed by atoms with Crippen molar-refractivity contribution in [3.8, 4) is 0 Å². The second kappa shape index (κ2) is 15.1. The lowest BCUT2D eigenvalue weighted by molar-refractivity contribution is 0.0625. The lowest BCUT2D eigenvalue weighted by Gasteiger charge is -2.02. The molecule has 0 spiro atoms. The number of aliphatic hydroxyl groups is 2. The highest BCUT2D eigenvalue weighted by molar-refractivity contribution is 5.01. The highest BCUT2D eigenvalue weighted by Crippen LogP contribution is 1.92. The topological polar surface area (TPSA) is 78.4 Å². The van der Waals surface area contributed by atoms with Crippen molar-refractivity contribution in [1.29, 1.82) is 0 Å². The van der Waals surface area contributed by atoms with Gasteiger partial charge in [-0.15, -0.1) is 0 Å². The van der Waals surface area contributed by atoms with Crippen molar-refractivity contribution in [3.05, 3.63) is 18.0 Å². The lowest BCUT2D eigenvalue weighted by Crippen LogP contribution is -2.11. The second-order valence-corrected chi connectivity index (χ2v) is 3.10. The molecule has 1 heterocycles. The van der Waals surface area contributed by atoms with Crippen LogP contribution in [0.3, 0.4) is 0 Å². The average Bonchev–Trinajstić information content (AvgIpc) is 2.86. The van der Waals surface area contributed by atoms with Crippen molar-refractivity contribution in [2.24, 2.45) is 0 Å². The Morgan fingerprint density at radius 3 is 2.41 bits per heavy atom. The van der Waals surface area contributed by atoms with Crippen LogP contribution in [0, 0.1) is 0 Å². The van der Waals surface area contributed by atoms with E-state index in [1.807, 2.05) is 20.8 Å². The third-order valence-electron chi connectivity index (χ3n) is 1.79. The fraction of sp³-hybridized carbons (Fsp3) is 0.750. The van der Waals surface area contributed by atoms with Gasteiger partial charge in [0, 0.05) is 19.9 Å². The molecule has 0 saturated carbocycles. The van der Waals surface area contributed by atoms with Crippen LogP contribution in [0.15, 0.2) is 12.4 Å². The summed E-state index contributed by atoms with van der Waals surface area (Å²) in [6.45, 7) is 6.57. The molecule has 1 unspecified atom stereocenters. The molecule has 17 heavy (non-hydrogen) atoms. The van der Waals surface area contributed by atoms with Gasteiger partial charge >= 0.3 is 0 Å².